The molecule has 2 aromatic carbocycles. The van der Waals surface area contributed by atoms with E-state index < -0.39 is 52.7 Å². The quantitative estimate of drug-likeness (QED) is 0.306. The molecule has 0 fully saturated rings. The van der Waals surface area contributed by atoms with Crippen molar-refractivity contribution in [1.29, 1.82) is 0 Å². The first-order valence-electron chi connectivity index (χ1n) is 10.1. The van der Waals surface area contributed by atoms with Gasteiger partial charge in [-0.05, 0) is 30.3 Å². The van der Waals surface area contributed by atoms with Crippen molar-refractivity contribution >= 4 is 50.7 Å². The SMILES string of the molecule is O=C(O)c1c(-n2c(=O)[nH]c3cscc3c2=O)c2cc(C(F)(F)F)ccc2n1Cc1ccc(Cl)cc1F. The van der Waals surface area contributed by atoms with E-state index in [1.807, 2.05) is 0 Å². The van der Waals surface area contributed by atoms with E-state index in [0.717, 1.165) is 34.1 Å². The van der Waals surface area contributed by atoms with Crippen molar-refractivity contribution < 1.29 is 27.5 Å². The maximum absolute atomic E-state index is 14.6. The molecule has 0 saturated carbocycles. The summed E-state index contributed by atoms with van der Waals surface area (Å²) in [5, 5.41) is 12.8. The minimum Gasteiger partial charge on any atom is -0.477 e. The molecule has 36 heavy (non-hydrogen) atoms. The molecule has 0 saturated heterocycles. The number of nitrogens with zero attached hydrogens (tertiary/aromatic N) is 2. The van der Waals surface area contributed by atoms with E-state index in [4.69, 9.17) is 11.6 Å². The van der Waals surface area contributed by atoms with Crippen molar-refractivity contribution in [2.45, 2.75) is 12.7 Å². The standard InChI is InChI=1S/C23H12ClF4N3O4S/c24-12-3-1-10(15(25)6-12)7-30-17-4-2-11(23(26,27)28)5-13(17)18(19(30)21(33)34)31-20(32)14-8-36-9-16(14)29-22(31)35/h1-6,8-9H,7H2,(H,29,35)(H,33,34). The molecule has 13 heteroatoms. The number of aromatic carboxylic acids is 1. The Kier molecular flexibility index (Phi) is 5.52. The lowest BCUT2D eigenvalue weighted by Crippen LogP contribution is -2.34. The van der Waals surface area contributed by atoms with Gasteiger partial charge in [-0.25, -0.2) is 18.5 Å². The Morgan fingerprint density at radius 3 is 2.50 bits per heavy atom. The highest BCUT2D eigenvalue weighted by Gasteiger charge is 2.33. The fraction of sp³-hybridized carbons (Fsp3) is 0.0870. The number of fused-ring (bicyclic) bond motifs is 2. The average molecular weight is 538 g/mol. The molecular formula is C23H12ClF4N3O4S. The molecule has 7 nitrogen and oxygen atoms in total. The number of hydrogen-bond donors (Lipinski definition) is 2. The lowest BCUT2D eigenvalue weighted by Gasteiger charge is -2.11. The van der Waals surface area contributed by atoms with Gasteiger partial charge >= 0.3 is 17.8 Å². The van der Waals surface area contributed by atoms with E-state index in [9.17, 15) is 37.1 Å². The summed E-state index contributed by atoms with van der Waals surface area (Å²) in [5.41, 5.74) is -4.16. The molecule has 0 spiro atoms. The highest BCUT2D eigenvalue weighted by atomic mass is 35.5. The lowest BCUT2D eigenvalue weighted by atomic mass is 10.1. The third-order valence-corrected chi connectivity index (χ3v) is 6.65. The second-order valence-electron chi connectivity index (χ2n) is 7.82. The lowest BCUT2D eigenvalue weighted by molar-refractivity contribution is -0.137. The monoisotopic (exact) mass is 537 g/mol. The number of rotatable bonds is 4. The summed E-state index contributed by atoms with van der Waals surface area (Å²) >= 11 is 6.89. The molecule has 0 bridgehead atoms. The zero-order valence-electron chi connectivity index (χ0n) is 17.7. The van der Waals surface area contributed by atoms with Crippen molar-refractivity contribution in [3.8, 4) is 5.69 Å². The number of alkyl halides is 3. The molecule has 3 aromatic heterocycles. The van der Waals surface area contributed by atoms with Crippen LogP contribution in [0, 0.1) is 5.82 Å². The highest BCUT2D eigenvalue weighted by molar-refractivity contribution is 7.09. The van der Waals surface area contributed by atoms with Crippen molar-refractivity contribution in [2.24, 2.45) is 0 Å². The molecule has 0 aliphatic rings. The van der Waals surface area contributed by atoms with Crippen LogP contribution in [-0.2, 0) is 12.7 Å². The molecule has 5 aromatic rings. The first kappa shape index (κ1) is 23.8. The number of nitrogens with one attached hydrogen (secondary N) is 1. The summed E-state index contributed by atoms with van der Waals surface area (Å²) in [6, 6.07) is 6.09. The van der Waals surface area contributed by atoms with Crippen LogP contribution in [0.15, 0.2) is 56.7 Å². The van der Waals surface area contributed by atoms with Gasteiger partial charge in [-0.3, -0.25) is 4.79 Å². The Bertz CT molecular complexity index is 1820. The third kappa shape index (κ3) is 3.78. The van der Waals surface area contributed by atoms with Gasteiger partial charge in [-0.15, -0.1) is 11.3 Å². The zero-order chi connectivity index (χ0) is 25.9. The van der Waals surface area contributed by atoms with Gasteiger partial charge in [0, 0.05) is 26.7 Å². The van der Waals surface area contributed by atoms with Crippen LogP contribution in [-0.4, -0.2) is 25.2 Å². The van der Waals surface area contributed by atoms with Crippen LogP contribution in [0.1, 0.15) is 21.6 Å². The molecule has 0 radical (unpaired) electrons. The number of benzene rings is 2. The largest absolute Gasteiger partial charge is 0.477 e. The van der Waals surface area contributed by atoms with Crippen molar-refractivity contribution in [2.75, 3.05) is 0 Å². The smallest absolute Gasteiger partial charge is 0.416 e. The number of H-pyrrole nitrogens is 1. The average Bonchev–Trinajstić information content (AvgIpc) is 3.38. The number of halogens is 5. The molecule has 0 aliphatic heterocycles. The van der Waals surface area contributed by atoms with Crippen LogP contribution in [0.25, 0.3) is 27.5 Å². The molecule has 0 unspecified atom stereocenters. The topological polar surface area (TPSA) is 97.1 Å². The normalized spacial score (nSPS) is 12.0. The predicted octanol–water partition coefficient (Wildman–Crippen LogP) is 5.25. The van der Waals surface area contributed by atoms with E-state index >= 15 is 0 Å². The summed E-state index contributed by atoms with van der Waals surface area (Å²) in [5.74, 6) is -2.41. The van der Waals surface area contributed by atoms with Crippen LogP contribution < -0.4 is 11.2 Å². The molecule has 0 amide bonds. The van der Waals surface area contributed by atoms with Gasteiger partial charge in [-0.1, -0.05) is 17.7 Å². The van der Waals surface area contributed by atoms with E-state index in [-0.39, 0.29) is 32.4 Å². The van der Waals surface area contributed by atoms with Crippen molar-refractivity contribution in [3.05, 3.63) is 95.7 Å². The number of thiophene rings is 1. The van der Waals surface area contributed by atoms with Crippen molar-refractivity contribution in [3.63, 3.8) is 0 Å². The molecule has 3 heterocycles. The van der Waals surface area contributed by atoms with Crippen molar-refractivity contribution in [1.82, 2.24) is 14.1 Å². The minimum atomic E-state index is -4.80. The summed E-state index contributed by atoms with van der Waals surface area (Å²) in [6.07, 6.45) is -4.80. The second kappa shape index (κ2) is 8.35. The van der Waals surface area contributed by atoms with Gasteiger partial charge in [0.25, 0.3) is 5.56 Å². The molecular weight excluding hydrogens is 526 g/mol. The minimum absolute atomic E-state index is 0.0141. The first-order valence-corrected chi connectivity index (χ1v) is 11.4. The number of aromatic amines is 1. The zero-order valence-corrected chi connectivity index (χ0v) is 19.3. The fourth-order valence-electron chi connectivity index (χ4n) is 4.09. The fourth-order valence-corrected chi connectivity index (χ4v) is 5.00. The third-order valence-electron chi connectivity index (χ3n) is 5.67. The molecule has 0 atom stereocenters. The molecule has 5 rings (SSSR count). The van der Waals surface area contributed by atoms with Crippen LogP contribution in [0.2, 0.25) is 5.02 Å². The number of carboxylic acid groups (broad SMARTS) is 1. The van der Waals surface area contributed by atoms with Gasteiger partial charge in [0.15, 0.2) is 5.69 Å². The summed E-state index contributed by atoms with van der Waals surface area (Å²) in [4.78, 5) is 41.0. The molecule has 184 valence electrons. The summed E-state index contributed by atoms with van der Waals surface area (Å²) < 4.78 is 56.8. The van der Waals surface area contributed by atoms with Gasteiger partial charge in [0.1, 0.15) is 5.82 Å². The summed E-state index contributed by atoms with van der Waals surface area (Å²) in [6.45, 7) is -0.431. The predicted molar refractivity (Wildman–Crippen MR) is 126 cm³/mol. The molecule has 2 N–H and O–H groups in total. The Labute approximate surface area is 206 Å². The van der Waals surface area contributed by atoms with Gasteiger partial charge in [0.2, 0.25) is 0 Å². The highest BCUT2D eigenvalue weighted by Crippen LogP contribution is 2.36. The maximum Gasteiger partial charge on any atom is 0.416 e. The summed E-state index contributed by atoms with van der Waals surface area (Å²) in [7, 11) is 0. The van der Waals surface area contributed by atoms with E-state index in [1.165, 1.54) is 22.9 Å². The maximum atomic E-state index is 14.6. The number of hydrogen-bond acceptors (Lipinski definition) is 4. The van der Waals surface area contributed by atoms with E-state index in [1.54, 1.807) is 0 Å². The Balaban J connectivity index is 1.92. The van der Waals surface area contributed by atoms with Crippen LogP contribution in [0.5, 0.6) is 0 Å². The number of carboxylic acids is 1. The van der Waals surface area contributed by atoms with Crippen LogP contribution >= 0.6 is 22.9 Å². The number of aromatic nitrogens is 3. The van der Waals surface area contributed by atoms with Gasteiger partial charge < -0.3 is 14.7 Å². The number of carbonyl (C=O) groups is 1. The van der Waals surface area contributed by atoms with E-state index in [0.29, 0.717) is 10.6 Å². The Morgan fingerprint density at radius 1 is 1.08 bits per heavy atom. The van der Waals surface area contributed by atoms with Gasteiger partial charge in [-0.2, -0.15) is 13.2 Å². The van der Waals surface area contributed by atoms with Crippen LogP contribution in [0.4, 0.5) is 17.6 Å². The second-order valence-corrected chi connectivity index (χ2v) is 9.00. The Morgan fingerprint density at radius 2 is 1.83 bits per heavy atom. The Hall–Kier alpha value is -3.90. The van der Waals surface area contributed by atoms with E-state index in [2.05, 4.69) is 4.98 Å². The molecule has 0 aliphatic carbocycles. The van der Waals surface area contributed by atoms with Crippen LogP contribution in [0.3, 0.4) is 0 Å². The van der Waals surface area contributed by atoms with Gasteiger partial charge in [0.05, 0.1) is 34.2 Å². The first-order chi connectivity index (χ1) is 17.0.